The minimum absolute atomic E-state index is 0.0168. The predicted octanol–water partition coefficient (Wildman–Crippen LogP) is 2.54. The highest BCUT2D eigenvalue weighted by Gasteiger charge is 2.18. The maximum absolute atomic E-state index is 12.9. The van der Waals surface area contributed by atoms with Crippen LogP contribution in [0.5, 0.6) is 0 Å². The van der Waals surface area contributed by atoms with Gasteiger partial charge in [0, 0.05) is 43.9 Å². The van der Waals surface area contributed by atoms with Crippen molar-refractivity contribution in [3.05, 3.63) is 70.8 Å². The topological polar surface area (TPSA) is 47.3 Å². The maximum Gasteiger partial charge on any atom is 0.193 e. The molecule has 0 N–H and O–H groups in total. The third-order valence-electron chi connectivity index (χ3n) is 4.51. The molecule has 4 heteroatoms. The Morgan fingerprint density at radius 2 is 1.83 bits per heavy atom. The van der Waals surface area contributed by atoms with E-state index >= 15 is 0 Å². The zero-order valence-electron chi connectivity index (χ0n) is 13.9. The summed E-state index contributed by atoms with van der Waals surface area (Å²) >= 11 is 0. The van der Waals surface area contributed by atoms with Gasteiger partial charge in [-0.1, -0.05) is 36.4 Å². The van der Waals surface area contributed by atoms with Crippen LogP contribution < -0.4 is 0 Å². The van der Waals surface area contributed by atoms with Gasteiger partial charge in [0.25, 0.3) is 0 Å². The number of carbonyl (C=O) groups is 1. The molecular formula is C20H21N3O. The number of likely N-dealkylation sites (N-methyl/N-ethyl adjacent to an activating group) is 1. The highest BCUT2D eigenvalue weighted by Crippen LogP contribution is 2.18. The Morgan fingerprint density at radius 1 is 1.08 bits per heavy atom. The van der Waals surface area contributed by atoms with E-state index in [0.717, 1.165) is 43.9 Å². The average molecular weight is 319 g/mol. The summed E-state index contributed by atoms with van der Waals surface area (Å²) in [5.74, 6) is -0.0168. The molecular weight excluding hydrogens is 298 g/mol. The number of carbonyl (C=O) groups excluding carboxylic acids is 1. The summed E-state index contributed by atoms with van der Waals surface area (Å²) < 4.78 is 0. The second-order valence-corrected chi connectivity index (χ2v) is 6.26. The highest BCUT2D eigenvalue weighted by molar-refractivity contribution is 6.10. The van der Waals surface area contributed by atoms with Crippen LogP contribution in [0.3, 0.4) is 0 Å². The number of hydrogen-bond donors (Lipinski definition) is 0. The van der Waals surface area contributed by atoms with Gasteiger partial charge in [0.2, 0.25) is 0 Å². The van der Waals surface area contributed by atoms with Crippen molar-refractivity contribution in [2.24, 2.45) is 0 Å². The van der Waals surface area contributed by atoms with Crippen molar-refractivity contribution in [3.63, 3.8) is 0 Å². The largest absolute Gasteiger partial charge is 0.304 e. The van der Waals surface area contributed by atoms with E-state index < -0.39 is 0 Å². The minimum Gasteiger partial charge on any atom is -0.304 e. The van der Waals surface area contributed by atoms with Gasteiger partial charge in [0.15, 0.2) is 5.78 Å². The summed E-state index contributed by atoms with van der Waals surface area (Å²) in [6.07, 6.45) is 0. The standard InChI is InChI=1S/C20H21N3O/c1-22-9-11-23(12-10-22)15-18-6-2-3-8-19(18)20(24)17-7-4-5-16(13-17)14-21/h2-8,13H,9-12,15H2,1H3. The lowest BCUT2D eigenvalue weighted by atomic mass is 9.97. The minimum atomic E-state index is -0.0168. The first-order valence-electron chi connectivity index (χ1n) is 8.21. The van der Waals surface area contributed by atoms with Crippen molar-refractivity contribution in [1.29, 1.82) is 5.26 Å². The number of hydrogen-bond acceptors (Lipinski definition) is 4. The van der Waals surface area contributed by atoms with E-state index in [9.17, 15) is 4.79 Å². The summed E-state index contributed by atoms with van der Waals surface area (Å²) in [6.45, 7) is 4.93. The Labute approximate surface area is 142 Å². The first kappa shape index (κ1) is 16.4. The number of piperazine rings is 1. The molecule has 0 amide bonds. The molecule has 0 atom stereocenters. The van der Waals surface area contributed by atoms with E-state index in [1.807, 2.05) is 24.3 Å². The molecule has 0 bridgehead atoms. The normalized spacial score (nSPS) is 15.8. The van der Waals surface area contributed by atoms with E-state index in [-0.39, 0.29) is 5.78 Å². The van der Waals surface area contributed by atoms with Crippen LogP contribution in [-0.4, -0.2) is 48.8 Å². The molecule has 0 saturated carbocycles. The quantitative estimate of drug-likeness (QED) is 0.813. The molecule has 2 aromatic carbocycles. The van der Waals surface area contributed by atoms with Crippen LogP contribution in [0.25, 0.3) is 0 Å². The molecule has 0 aromatic heterocycles. The molecule has 1 aliphatic rings. The third-order valence-corrected chi connectivity index (χ3v) is 4.51. The zero-order chi connectivity index (χ0) is 16.9. The van der Waals surface area contributed by atoms with Crippen molar-refractivity contribution in [2.75, 3.05) is 33.2 Å². The number of rotatable bonds is 4. The molecule has 1 saturated heterocycles. The highest BCUT2D eigenvalue weighted by atomic mass is 16.1. The van der Waals surface area contributed by atoms with E-state index in [0.29, 0.717) is 11.1 Å². The summed E-state index contributed by atoms with van der Waals surface area (Å²) in [6, 6.07) is 16.8. The molecule has 4 nitrogen and oxygen atoms in total. The summed E-state index contributed by atoms with van der Waals surface area (Å²) in [5.41, 5.74) is 2.86. The first-order chi connectivity index (χ1) is 11.7. The molecule has 24 heavy (non-hydrogen) atoms. The SMILES string of the molecule is CN1CCN(Cc2ccccc2C(=O)c2cccc(C#N)c2)CC1. The van der Waals surface area contributed by atoms with Gasteiger partial charge in [0.05, 0.1) is 11.6 Å². The molecule has 0 spiro atoms. The Kier molecular flexibility index (Phi) is 5.05. The monoisotopic (exact) mass is 319 g/mol. The van der Waals surface area contributed by atoms with Gasteiger partial charge < -0.3 is 4.90 Å². The number of ketones is 1. The smallest absolute Gasteiger partial charge is 0.193 e. The average Bonchev–Trinajstić information content (AvgIpc) is 2.63. The van der Waals surface area contributed by atoms with Gasteiger partial charge in [-0.3, -0.25) is 9.69 Å². The van der Waals surface area contributed by atoms with Crippen LogP contribution >= 0.6 is 0 Å². The number of nitrogens with zero attached hydrogens (tertiary/aromatic N) is 3. The molecule has 2 aromatic rings. The Bertz CT molecular complexity index is 770. The zero-order valence-corrected chi connectivity index (χ0v) is 13.9. The fourth-order valence-electron chi connectivity index (χ4n) is 3.01. The van der Waals surface area contributed by atoms with Crippen LogP contribution in [0.1, 0.15) is 27.0 Å². The molecule has 122 valence electrons. The number of benzene rings is 2. The van der Waals surface area contributed by atoms with E-state index in [4.69, 9.17) is 5.26 Å². The Hall–Kier alpha value is -2.48. The third kappa shape index (κ3) is 3.70. The van der Waals surface area contributed by atoms with Crippen LogP contribution in [0.4, 0.5) is 0 Å². The second-order valence-electron chi connectivity index (χ2n) is 6.26. The molecule has 1 heterocycles. The number of nitriles is 1. The van der Waals surface area contributed by atoms with Gasteiger partial charge in [-0.25, -0.2) is 0 Å². The van der Waals surface area contributed by atoms with Crippen molar-refractivity contribution < 1.29 is 4.79 Å². The Balaban J connectivity index is 1.83. The second kappa shape index (κ2) is 7.39. The summed E-state index contributed by atoms with van der Waals surface area (Å²) in [4.78, 5) is 17.6. The molecule has 3 rings (SSSR count). The fourth-order valence-corrected chi connectivity index (χ4v) is 3.01. The molecule has 0 radical (unpaired) electrons. The van der Waals surface area contributed by atoms with Gasteiger partial charge >= 0.3 is 0 Å². The van der Waals surface area contributed by atoms with Crippen LogP contribution in [0.2, 0.25) is 0 Å². The fraction of sp³-hybridized carbons (Fsp3) is 0.300. The van der Waals surface area contributed by atoms with E-state index in [2.05, 4.69) is 22.9 Å². The lowest BCUT2D eigenvalue weighted by Crippen LogP contribution is -2.44. The van der Waals surface area contributed by atoms with Gasteiger partial charge in [-0.15, -0.1) is 0 Å². The van der Waals surface area contributed by atoms with Crippen LogP contribution in [0, 0.1) is 11.3 Å². The molecule has 1 aliphatic heterocycles. The van der Waals surface area contributed by atoms with Crippen LogP contribution in [-0.2, 0) is 6.54 Å². The molecule has 1 fully saturated rings. The van der Waals surface area contributed by atoms with Gasteiger partial charge in [0.1, 0.15) is 0 Å². The van der Waals surface area contributed by atoms with Crippen molar-refractivity contribution >= 4 is 5.78 Å². The van der Waals surface area contributed by atoms with Crippen molar-refractivity contribution in [3.8, 4) is 6.07 Å². The van der Waals surface area contributed by atoms with Crippen molar-refractivity contribution in [1.82, 2.24) is 9.80 Å². The lowest BCUT2D eigenvalue weighted by Gasteiger charge is -2.32. The maximum atomic E-state index is 12.9. The van der Waals surface area contributed by atoms with Crippen molar-refractivity contribution in [2.45, 2.75) is 6.54 Å². The lowest BCUT2D eigenvalue weighted by molar-refractivity contribution is 0.103. The molecule has 0 unspecified atom stereocenters. The summed E-state index contributed by atoms with van der Waals surface area (Å²) in [5, 5.41) is 9.03. The molecule has 0 aliphatic carbocycles. The van der Waals surface area contributed by atoms with E-state index in [1.165, 1.54) is 0 Å². The predicted molar refractivity (Wildman–Crippen MR) is 93.8 cm³/mol. The van der Waals surface area contributed by atoms with Crippen LogP contribution in [0.15, 0.2) is 48.5 Å². The van der Waals surface area contributed by atoms with E-state index in [1.54, 1.807) is 24.3 Å². The van der Waals surface area contributed by atoms with Gasteiger partial charge in [-0.05, 0) is 24.7 Å². The van der Waals surface area contributed by atoms with Gasteiger partial charge in [-0.2, -0.15) is 5.26 Å². The Morgan fingerprint density at radius 3 is 2.58 bits per heavy atom. The summed E-state index contributed by atoms with van der Waals surface area (Å²) in [7, 11) is 2.14. The first-order valence-corrected chi connectivity index (χ1v) is 8.21.